The molecule has 1 aliphatic heterocycles. The molecule has 0 bridgehead atoms. The molecular formula is C16H23N3O7S2. The summed E-state index contributed by atoms with van der Waals surface area (Å²) in [5.74, 6) is 0.291. The highest BCUT2D eigenvalue weighted by atomic mass is 32.2. The van der Waals surface area contributed by atoms with Gasteiger partial charge in [0.25, 0.3) is 5.91 Å². The standard InChI is InChI=1S/C16H23N3O7S2/c1-26-9-4-2-8(3-5-9)17-16(27)18-19-11(22)7-28-15(19)14(25)13(24)12(23)10(21)6-20/h2-5,10,12-15,20-21,23-25H,6-7H2,1H3,(H2,17,18,27)/t10-,12-,13+,14-,15?/m1/s1. The van der Waals surface area contributed by atoms with E-state index in [0.29, 0.717) is 11.4 Å². The highest BCUT2D eigenvalue weighted by molar-refractivity contribution is 8.01. The lowest BCUT2D eigenvalue weighted by Crippen LogP contribution is -2.57. The van der Waals surface area contributed by atoms with Gasteiger partial charge in [0, 0.05) is 5.69 Å². The number of amides is 1. The van der Waals surface area contributed by atoms with Gasteiger partial charge >= 0.3 is 0 Å². The lowest BCUT2D eigenvalue weighted by Gasteiger charge is -2.33. The van der Waals surface area contributed by atoms with Gasteiger partial charge in [-0.3, -0.25) is 10.2 Å². The number of hydrogen-bond donors (Lipinski definition) is 7. The van der Waals surface area contributed by atoms with Crippen molar-refractivity contribution in [2.75, 3.05) is 24.8 Å². The third-order valence-corrected chi connectivity index (χ3v) is 5.48. The molecule has 1 fully saturated rings. The molecule has 28 heavy (non-hydrogen) atoms. The Kier molecular flexibility index (Phi) is 8.24. The zero-order valence-electron chi connectivity index (χ0n) is 14.9. The van der Waals surface area contributed by atoms with Crippen molar-refractivity contribution in [3.63, 3.8) is 0 Å². The normalized spacial score (nSPS) is 21.0. The summed E-state index contributed by atoms with van der Waals surface area (Å²) >= 11 is 6.21. The van der Waals surface area contributed by atoms with Crippen molar-refractivity contribution in [1.29, 1.82) is 0 Å². The Morgan fingerprint density at radius 2 is 1.93 bits per heavy atom. The summed E-state index contributed by atoms with van der Waals surface area (Å²) in [6.07, 6.45) is -6.82. The second kappa shape index (κ2) is 10.2. The van der Waals surface area contributed by atoms with E-state index < -0.39 is 42.3 Å². The van der Waals surface area contributed by atoms with E-state index in [0.717, 1.165) is 16.8 Å². The highest BCUT2D eigenvalue weighted by Crippen LogP contribution is 2.28. The Balaban J connectivity index is 2.01. The number of hydrogen-bond acceptors (Lipinski definition) is 9. The van der Waals surface area contributed by atoms with Crippen LogP contribution in [0, 0.1) is 0 Å². The second-order valence-corrected chi connectivity index (χ2v) is 7.49. The number of anilines is 1. The summed E-state index contributed by atoms with van der Waals surface area (Å²) in [5, 5.41) is 51.5. The van der Waals surface area contributed by atoms with Crippen molar-refractivity contribution in [3.8, 4) is 5.75 Å². The van der Waals surface area contributed by atoms with Gasteiger partial charge in [0.15, 0.2) is 5.11 Å². The molecule has 5 atom stereocenters. The molecule has 7 N–H and O–H groups in total. The number of methoxy groups -OCH3 is 1. The van der Waals surface area contributed by atoms with Crippen LogP contribution in [0.15, 0.2) is 24.3 Å². The summed E-state index contributed by atoms with van der Waals surface area (Å²) in [4.78, 5) is 12.1. The molecule has 1 heterocycles. The lowest BCUT2D eigenvalue weighted by molar-refractivity contribution is -0.140. The molecule has 0 spiro atoms. The molecule has 12 heteroatoms. The Hall–Kier alpha value is -1.67. The van der Waals surface area contributed by atoms with E-state index in [1.54, 1.807) is 31.4 Å². The fourth-order valence-electron chi connectivity index (χ4n) is 2.47. The van der Waals surface area contributed by atoms with Crippen molar-refractivity contribution in [2.45, 2.75) is 29.8 Å². The van der Waals surface area contributed by atoms with Crippen LogP contribution in [0.2, 0.25) is 0 Å². The van der Waals surface area contributed by atoms with E-state index in [4.69, 9.17) is 22.1 Å². The zero-order valence-corrected chi connectivity index (χ0v) is 16.6. The average Bonchev–Trinajstić information content (AvgIpc) is 3.06. The van der Waals surface area contributed by atoms with E-state index in [2.05, 4.69) is 10.7 Å². The number of thioether (sulfide) groups is 1. The molecule has 156 valence electrons. The first-order valence-electron chi connectivity index (χ1n) is 8.27. The minimum absolute atomic E-state index is 0.0191. The number of rotatable bonds is 8. The average molecular weight is 434 g/mol. The Morgan fingerprint density at radius 1 is 1.29 bits per heavy atom. The maximum absolute atomic E-state index is 12.1. The number of carbonyl (C=O) groups is 1. The van der Waals surface area contributed by atoms with Crippen LogP contribution >= 0.6 is 24.0 Å². The summed E-state index contributed by atoms with van der Waals surface area (Å²) in [6.45, 7) is -0.792. The number of nitrogens with one attached hydrogen (secondary N) is 2. The molecule has 1 unspecified atom stereocenters. The molecule has 10 nitrogen and oxygen atoms in total. The molecule has 1 aliphatic rings. The highest BCUT2D eigenvalue weighted by Gasteiger charge is 2.43. The van der Waals surface area contributed by atoms with Gasteiger partial charge in [-0.1, -0.05) is 0 Å². The maximum Gasteiger partial charge on any atom is 0.252 e. The minimum atomic E-state index is -1.79. The molecule has 0 aliphatic carbocycles. The molecule has 1 amide bonds. The second-order valence-electron chi connectivity index (χ2n) is 5.98. The number of aliphatic hydroxyl groups excluding tert-OH is 5. The summed E-state index contributed by atoms with van der Waals surface area (Å²) in [7, 11) is 1.54. The molecule has 0 radical (unpaired) electrons. The van der Waals surface area contributed by atoms with Crippen LogP contribution in [0.4, 0.5) is 5.69 Å². The van der Waals surface area contributed by atoms with Crippen LogP contribution in [-0.4, -0.2) is 90.8 Å². The molecule has 2 rings (SSSR count). The van der Waals surface area contributed by atoms with E-state index in [-0.39, 0.29) is 10.9 Å². The van der Waals surface area contributed by atoms with Gasteiger partial charge < -0.3 is 35.6 Å². The Labute approximate surface area is 171 Å². The largest absolute Gasteiger partial charge is 0.497 e. The molecular weight excluding hydrogens is 410 g/mol. The van der Waals surface area contributed by atoms with Crippen LogP contribution in [-0.2, 0) is 4.79 Å². The minimum Gasteiger partial charge on any atom is -0.497 e. The number of benzene rings is 1. The SMILES string of the molecule is COc1ccc(NC(=S)NN2C(=O)CSC2[C@H](O)[C@@H](O)[C@H](O)[C@H](O)CO)cc1. The van der Waals surface area contributed by atoms with Crippen LogP contribution in [0.5, 0.6) is 5.75 Å². The number of hydrazine groups is 1. The van der Waals surface area contributed by atoms with Crippen LogP contribution in [0.3, 0.4) is 0 Å². The quantitative estimate of drug-likeness (QED) is 0.233. The number of ether oxygens (including phenoxy) is 1. The third-order valence-electron chi connectivity index (χ3n) is 4.04. The molecule has 0 aromatic heterocycles. The Bertz CT molecular complexity index is 679. The van der Waals surface area contributed by atoms with Gasteiger partial charge in [-0.2, -0.15) is 0 Å². The van der Waals surface area contributed by atoms with Crippen LogP contribution in [0.25, 0.3) is 0 Å². The maximum atomic E-state index is 12.1. The topological polar surface area (TPSA) is 155 Å². The monoisotopic (exact) mass is 433 g/mol. The van der Waals surface area contributed by atoms with E-state index in [9.17, 15) is 25.2 Å². The van der Waals surface area contributed by atoms with Crippen molar-refractivity contribution in [1.82, 2.24) is 10.4 Å². The smallest absolute Gasteiger partial charge is 0.252 e. The summed E-state index contributed by atoms with van der Waals surface area (Å²) < 4.78 is 5.07. The Morgan fingerprint density at radius 3 is 2.50 bits per heavy atom. The van der Waals surface area contributed by atoms with Gasteiger partial charge in [-0.05, 0) is 36.5 Å². The number of carbonyl (C=O) groups excluding carboxylic acids is 1. The van der Waals surface area contributed by atoms with E-state index >= 15 is 0 Å². The van der Waals surface area contributed by atoms with Gasteiger partial charge in [0.05, 0.1) is 19.5 Å². The van der Waals surface area contributed by atoms with Crippen molar-refractivity contribution >= 4 is 40.7 Å². The predicted octanol–water partition coefficient (Wildman–Crippen LogP) is -1.77. The van der Waals surface area contributed by atoms with E-state index in [1.165, 1.54) is 0 Å². The van der Waals surface area contributed by atoms with E-state index in [1.807, 2.05) is 0 Å². The fourth-order valence-corrected chi connectivity index (χ4v) is 3.82. The summed E-state index contributed by atoms with van der Waals surface area (Å²) in [6, 6.07) is 6.88. The van der Waals surface area contributed by atoms with Gasteiger partial charge in [0.1, 0.15) is 35.5 Å². The van der Waals surface area contributed by atoms with Gasteiger partial charge in [-0.25, -0.2) is 5.01 Å². The fraction of sp³-hybridized carbons (Fsp3) is 0.500. The van der Waals surface area contributed by atoms with Gasteiger partial charge in [-0.15, -0.1) is 11.8 Å². The molecule has 1 aromatic carbocycles. The number of nitrogens with zero attached hydrogens (tertiary/aromatic N) is 1. The first-order valence-corrected chi connectivity index (χ1v) is 9.72. The number of thiocarbonyl (C=S) groups is 1. The molecule has 0 saturated carbocycles. The zero-order chi connectivity index (χ0) is 20.8. The predicted molar refractivity (Wildman–Crippen MR) is 107 cm³/mol. The lowest BCUT2D eigenvalue weighted by atomic mass is 10.0. The van der Waals surface area contributed by atoms with Crippen molar-refractivity contribution in [3.05, 3.63) is 24.3 Å². The first-order chi connectivity index (χ1) is 13.3. The summed E-state index contributed by atoms with van der Waals surface area (Å²) in [5.41, 5.74) is 3.30. The van der Waals surface area contributed by atoms with Crippen LogP contribution < -0.4 is 15.5 Å². The number of aliphatic hydroxyl groups is 5. The van der Waals surface area contributed by atoms with Crippen molar-refractivity contribution < 1.29 is 35.1 Å². The van der Waals surface area contributed by atoms with Crippen LogP contribution in [0.1, 0.15) is 0 Å². The third kappa shape index (κ3) is 5.44. The molecule has 1 saturated heterocycles. The first kappa shape index (κ1) is 22.6. The van der Waals surface area contributed by atoms with Crippen molar-refractivity contribution in [2.24, 2.45) is 0 Å². The molecule has 1 aromatic rings. The van der Waals surface area contributed by atoms with Gasteiger partial charge in [0.2, 0.25) is 0 Å².